The number of halogens is 5. The number of benzene rings is 4. The molecule has 0 bridgehead atoms. The molecule has 2 aliphatic carbocycles. The number of hydrazine groups is 1. The van der Waals surface area contributed by atoms with E-state index in [1.807, 2.05) is 36.4 Å². The lowest BCUT2D eigenvalue weighted by molar-refractivity contribution is -0.139. The van der Waals surface area contributed by atoms with Crippen molar-refractivity contribution < 1.29 is 46.9 Å². The van der Waals surface area contributed by atoms with Crippen molar-refractivity contribution >= 4 is 69.7 Å². The van der Waals surface area contributed by atoms with Gasteiger partial charge in [-0.15, -0.1) is 0 Å². The number of para-hydroxylation sites is 1. The van der Waals surface area contributed by atoms with Gasteiger partial charge in [0.2, 0.25) is 17.6 Å². The third-order valence-electron chi connectivity index (χ3n) is 12.6. The second-order valence-electron chi connectivity index (χ2n) is 15.7. The number of hydrogen-bond donors (Lipinski definition) is 3. The van der Waals surface area contributed by atoms with Gasteiger partial charge < -0.3 is 19.9 Å². The van der Waals surface area contributed by atoms with Crippen LogP contribution in [-0.2, 0) is 30.8 Å². The average molecular weight is 899 g/mol. The van der Waals surface area contributed by atoms with E-state index in [2.05, 4.69) is 15.7 Å². The number of aromatic hydroxyl groups is 1. The number of imide groups is 2. The molecule has 0 radical (unpaired) electrons. The minimum atomic E-state index is -4.78. The van der Waals surface area contributed by atoms with Crippen LogP contribution < -0.4 is 25.1 Å². The Morgan fingerprint density at radius 2 is 1.48 bits per heavy atom. The molecule has 6 atom stereocenters. The molecule has 5 aromatic rings. The molecule has 3 heterocycles. The first-order chi connectivity index (χ1) is 30.2. The summed E-state index contributed by atoms with van der Waals surface area (Å²) in [5, 5.41) is 14.9. The van der Waals surface area contributed by atoms with Gasteiger partial charge >= 0.3 is 6.18 Å². The van der Waals surface area contributed by atoms with Crippen LogP contribution in [0, 0.1) is 23.7 Å². The van der Waals surface area contributed by atoms with Crippen molar-refractivity contribution in [3.63, 3.8) is 0 Å². The lowest BCUT2D eigenvalue weighted by Gasteiger charge is -2.50. The number of nitrogens with zero attached hydrogens (tertiary/aromatic N) is 3. The molecule has 1 saturated carbocycles. The summed E-state index contributed by atoms with van der Waals surface area (Å²) in [4.78, 5) is 64.8. The molecule has 4 aromatic carbocycles. The van der Waals surface area contributed by atoms with Crippen LogP contribution in [0.3, 0.4) is 0 Å². The number of rotatable bonds is 9. The van der Waals surface area contributed by atoms with E-state index >= 15 is 9.59 Å². The maximum Gasteiger partial charge on any atom is 0.417 e. The summed E-state index contributed by atoms with van der Waals surface area (Å²) < 4.78 is 51.9. The Bertz CT molecular complexity index is 2690. The van der Waals surface area contributed by atoms with Gasteiger partial charge in [-0.2, -0.15) is 18.2 Å². The Morgan fingerprint density at radius 1 is 0.825 bits per heavy atom. The smallest absolute Gasteiger partial charge is 0.417 e. The van der Waals surface area contributed by atoms with Crippen molar-refractivity contribution in [2.45, 2.75) is 30.4 Å². The molecule has 322 valence electrons. The first kappa shape index (κ1) is 41.8. The Balaban J connectivity index is 1.18. The number of allylic oxidation sites excluding steroid dienone is 2. The highest BCUT2D eigenvalue weighted by Gasteiger charge is 2.70. The van der Waals surface area contributed by atoms with Gasteiger partial charge in [-0.05, 0) is 96.6 Å². The molecule has 4 amide bonds. The summed E-state index contributed by atoms with van der Waals surface area (Å²) in [6.45, 7) is 0. The molecular formula is C46H36Cl2F3N5O7. The van der Waals surface area contributed by atoms with Crippen molar-refractivity contribution in [2.24, 2.45) is 23.7 Å². The molecule has 2 aliphatic heterocycles. The Labute approximate surface area is 368 Å². The minimum absolute atomic E-state index is 0.0143. The molecule has 4 aliphatic rings. The van der Waals surface area contributed by atoms with Gasteiger partial charge in [-0.1, -0.05) is 65.2 Å². The topological polar surface area (TPSA) is 150 Å². The van der Waals surface area contributed by atoms with E-state index in [-0.39, 0.29) is 30.1 Å². The molecular weight excluding hydrogens is 862 g/mol. The zero-order chi connectivity index (χ0) is 44.5. The lowest BCUT2D eigenvalue weighted by atomic mass is 9.49. The van der Waals surface area contributed by atoms with Crippen molar-refractivity contribution in [1.82, 2.24) is 9.99 Å². The van der Waals surface area contributed by atoms with Crippen LogP contribution >= 0.6 is 23.2 Å². The summed E-state index contributed by atoms with van der Waals surface area (Å²) in [6.07, 6.45) is -2.38. The van der Waals surface area contributed by atoms with Crippen molar-refractivity contribution in [3.05, 3.63) is 142 Å². The third-order valence-corrected chi connectivity index (χ3v) is 13.1. The maximum absolute atomic E-state index is 15.5. The Morgan fingerprint density at radius 3 is 2.10 bits per heavy atom. The van der Waals surface area contributed by atoms with Gasteiger partial charge in [0.15, 0.2) is 17.3 Å². The number of aromatic nitrogens is 1. The van der Waals surface area contributed by atoms with E-state index in [1.54, 1.807) is 48.5 Å². The summed E-state index contributed by atoms with van der Waals surface area (Å²) in [7, 11) is 2.67. The summed E-state index contributed by atoms with van der Waals surface area (Å²) >= 11 is 12.7. The Kier molecular flexibility index (Phi) is 10.4. The molecule has 0 spiro atoms. The number of pyridine rings is 1. The fourth-order valence-electron chi connectivity index (χ4n) is 9.87. The first-order valence-corrected chi connectivity index (χ1v) is 20.5. The summed E-state index contributed by atoms with van der Waals surface area (Å²) in [5.41, 5.74) is 2.88. The zero-order valence-corrected chi connectivity index (χ0v) is 34.8. The summed E-state index contributed by atoms with van der Waals surface area (Å²) in [6, 6.07) is 26.4. The number of phenolic OH excluding ortho intramolecular Hbond substituents is 1. The molecule has 63 heavy (non-hydrogen) atoms. The molecule has 17 heteroatoms. The Hall–Kier alpha value is -6.58. The van der Waals surface area contributed by atoms with E-state index in [4.69, 9.17) is 32.7 Å². The fourth-order valence-corrected chi connectivity index (χ4v) is 10.2. The van der Waals surface area contributed by atoms with Crippen molar-refractivity contribution in [3.8, 4) is 17.2 Å². The van der Waals surface area contributed by atoms with E-state index in [9.17, 15) is 27.9 Å². The van der Waals surface area contributed by atoms with Gasteiger partial charge in [-0.3, -0.25) is 29.5 Å². The van der Waals surface area contributed by atoms with E-state index in [0.717, 1.165) is 11.4 Å². The number of hydrogen-bond acceptors (Lipinski definition) is 10. The molecule has 1 aromatic heterocycles. The van der Waals surface area contributed by atoms with Crippen LogP contribution in [0.2, 0.25) is 10.0 Å². The first-order valence-electron chi connectivity index (χ1n) is 19.8. The van der Waals surface area contributed by atoms with Crippen LogP contribution in [0.25, 0.3) is 0 Å². The highest BCUT2D eigenvalue weighted by Crippen LogP contribution is 2.65. The molecule has 3 fully saturated rings. The standard InChI is InChI=1S/C46H36Cl2F3N5O7/c1-62-35-18-23(19-36(63-2)39(35)57)38-30-16-17-31-37(43(60)55(41(31)58)29-14-12-28(13-15-29)53-27-6-4-3-5-7-27)32(30)21-33-42(59)56(44(61)45(33,38)24-8-10-26(47)11-9-24)54-40-34(48)20-25(22-52-40)46(49,50)51/h3-16,18-20,22,31-33,37-38,53,57H,17,21H2,1-2H3,(H,52,54). The normalized spacial score (nSPS) is 24.1. The number of nitrogens with one attached hydrogen (secondary N) is 2. The zero-order valence-electron chi connectivity index (χ0n) is 33.3. The highest BCUT2D eigenvalue weighted by atomic mass is 35.5. The van der Waals surface area contributed by atoms with Crippen LogP contribution in [0.4, 0.5) is 36.1 Å². The number of alkyl halides is 3. The number of ether oxygens (including phenoxy) is 2. The number of carbonyl (C=O) groups excluding carboxylic acids is 4. The van der Waals surface area contributed by atoms with Crippen LogP contribution in [0.5, 0.6) is 17.2 Å². The van der Waals surface area contributed by atoms with Gasteiger partial charge in [0.25, 0.3) is 11.8 Å². The van der Waals surface area contributed by atoms with E-state index in [0.29, 0.717) is 44.7 Å². The van der Waals surface area contributed by atoms with Crippen LogP contribution in [0.15, 0.2) is 115 Å². The number of methoxy groups -OCH3 is 2. The SMILES string of the molecule is COc1cc(C2C3=CCC4C(=O)N(c5ccc(Nc6ccccc6)cc5)C(=O)C4C3CC3C(=O)N(Nc4ncc(C(F)(F)F)cc4Cl)C(=O)C32c2ccc(Cl)cc2)cc(OC)c1O. The van der Waals surface area contributed by atoms with E-state index in [1.165, 1.54) is 31.3 Å². The fraction of sp³-hybridized carbons (Fsp3) is 0.239. The highest BCUT2D eigenvalue weighted by molar-refractivity contribution is 6.33. The molecule has 6 unspecified atom stereocenters. The van der Waals surface area contributed by atoms with Crippen molar-refractivity contribution in [2.75, 3.05) is 29.9 Å². The lowest BCUT2D eigenvalue weighted by Crippen LogP contribution is -2.53. The summed E-state index contributed by atoms with van der Waals surface area (Å²) in [5.74, 6) is -8.14. The van der Waals surface area contributed by atoms with Gasteiger partial charge in [0.1, 0.15) is 0 Å². The predicted octanol–water partition coefficient (Wildman–Crippen LogP) is 9.06. The molecule has 2 saturated heterocycles. The van der Waals surface area contributed by atoms with Gasteiger partial charge in [0, 0.05) is 28.5 Å². The maximum atomic E-state index is 15.5. The number of phenols is 1. The van der Waals surface area contributed by atoms with Gasteiger partial charge in [0.05, 0.1) is 53.7 Å². The van der Waals surface area contributed by atoms with Crippen LogP contribution in [0.1, 0.15) is 35.4 Å². The number of anilines is 4. The number of carbonyl (C=O) groups is 4. The second-order valence-corrected chi connectivity index (χ2v) is 16.6. The van der Waals surface area contributed by atoms with Crippen LogP contribution in [-0.4, -0.2) is 52.9 Å². The largest absolute Gasteiger partial charge is 0.502 e. The monoisotopic (exact) mass is 897 g/mol. The third kappa shape index (κ3) is 6.72. The molecule has 9 rings (SSSR count). The minimum Gasteiger partial charge on any atom is -0.502 e. The second kappa shape index (κ2) is 15.6. The van der Waals surface area contributed by atoms with Gasteiger partial charge in [-0.25, -0.2) is 4.98 Å². The molecule has 12 nitrogen and oxygen atoms in total. The van der Waals surface area contributed by atoms with E-state index < -0.39 is 81.2 Å². The number of amides is 4. The average Bonchev–Trinajstić information content (AvgIpc) is 3.65. The molecule has 3 N–H and O–H groups in total. The predicted molar refractivity (Wildman–Crippen MR) is 227 cm³/mol. The quantitative estimate of drug-likeness (QED) is 0.0966. The van der Waals surface area contributed by atoms with Crippen molar-refractivity contribution in [1.29, 1.82) is 0 Å². The number of fused-ring (bicyclic) bond motifs is 4.